The van der Waals surface area contributed by atoms with E-state index < -0.39 is 16.7 Å². The molecule has 0 aromatic heterocycles. The topological polar surface area (TPSA) is 102 Å². The van der Waals surface area contributed by atoms with Crippen molar-refractivity contribution in [3.63, 3.8) is 0 Å². The maximum absolute atomic E-state index is 12.7. The van der Waals surface area contributed by atoms with Gasteiger partial charge in [-0.2, -0.15) is 0 Å². The number of nitro benzene ring substituents is 1. The van der Waals surface area contributed by atoms with Gasteiger partial charge in [-0.3, -0.25) is 29.9 Å². The van der Waals surface area contributed by atoms with Crippen molar-refractivity contribution in [2.45, 2.75) is 6.61 Å². The van der Waals surface area contributed by atoms with Crippen molar-refractivity contribution >= 4 is 86.1 Å². The molecule has 2 aromatic rings. The lowest BCUT2D eigenvalue weighted by Crippen LogP contribution is -2.53. The van der Waals surface area contributed by atoms with Gasteiger partial charge >= 0.3 is 0 Å². The van der Waals surface area contributed by atoms with Crippen molar-refractivity contribution in [1.29, 1.82) is 0 Å². The molecule has 1 N–H and O–H groups in total. The minimum Gasteiger partial charge on any atom is -0.487 e. The summed E-state index contributed by atoms with van der Waals surface area (Å²) in [4.78, 5) is 36.6. The summed E-state index contributed by atoms with van der Waals surface area (Å²) in [5.74, 6) is -0.397. The normalized spacial score (nSPS) is 15.0. The number of ether oxygens (including phenoxy) is 1. The molecule has 0 radical (unpaired) electrons. The van der Waals surface area contributed by atoms with Crippen LogP contribution in [0.5, 0.6) is 5.75 Å². The van der Waals surface area contributed by atoms with Crippen LogP contribution < -0.4 is 10.1 Å². The molecule has 1 heterocycles. The summed E-state index contributed by atoms with van der Waals surface area (Å²) in [6, 6.07) is 9.74. The molecule has 0 bridgehead atoms. The Kier molecular flexibility index (Phi) is 7.95. The van der Waals surface area contributed by atoms with Gasteiger partial charge < -0.3 is 4.74 Å². The van der Waals surface area contributed by atoms with E-state index in [4.69, 9.17) is 17.0 Å². The predicted octanol–water partition coefficient (Wildman–Crippen LogP) is 4.20. The van der Waals surface area contributed by atoms with Crippen molar-refractivity contribution in [2.24, 2.45) is 0 Å². The molecule has 0 spiro atoms. The van der Waals surface area contributed by atoms with Gasteiger partial charge in [0.15, 0.2) is 5.11 Å². The van der Waals surface area contributed by atoms with E-state index in [0.29, 0.717) is 11.3 Å². The highest BCUT2D eigenvalue weighted by atomic mass is 127. The number of carbonyl (C=O) groups excluding carboxylic acids is 2. The molecule has 32 heavy (non-hydrogen) atoms. The van der Waals surface area contributed by atoms with Crippen molar-refractivity contribution < 1.29 is 19.2 Å². The fourth-order valence-electron chi connectivity index (χ4n) is 2.83. The molecule has 1 saturated heterocycles. The van der Waals surface area contributed by atoms with E-state index in [-0.39, 0.29) is 29.5 Å². The SMILES string of the molecule is C=CCN1C(=O)/C(=C/c2cc(I)c(OCc3ccc([N+](=O)[O-])cc3)c(I)c2)C(=O)NC1=S. The van der Waals surface area contributed by atoms with Gasteiger partial charge in [-0.05, 0) is 98.9 Å². The van der Waals surface area contributed by atoms with Crippen molar-refractivity contribution in [2.75, 3.05) is 6.54 Å². The van der Waals surface area contributed by atoms with E-state index in [1.165, 1.54) is 29.2 Å². The molecule has 0 unspecified atom stereocenters. The Morgan fingerprint density at radius 3 is 2.38 bits per heavy atom. The van der Waals surface area contributed by atoms with Crippen LogP contribution >= 0.6 is 57.4 Å². The Bertz CT molecular complexity index is 1140. The number of nitrogens with one attached hydrogen (secondary N) is 1. The van der Waals surface area contributed by atoms with Crippen LogP contribution in [0.3, 0.4) is 0 Å². The second-order valence-corrected chi connectivity index (χ2v) is 9.26. The molecular formula is C21H15I2N3O5S. The van der Waals surface area contributed by atoms with Crippen LogP contribution in [-0.2, 0) is 16.2 Å². The van der Waals surface area contributed by atoms with Gasteiger partial charge in [0.25, 0.3) is 17.5 Å². The van der Waals surface area contributed by atoms with Crippen molar-refractivity contribution in [3.05, 3.63) is 83.0 Å². The van der Waals surface area contributed by atoms with Crippen LogP contribution in [-0.4, -0.2) is 33.3 Å². The highest BCUT2D eigenvalue weighted by Crippen LogP contribution is 2.31. The van der Waals surface area contributed by atoms with E-state index in [0.717, 1.165) is 12.7 Å². The zero-order chi connectivity index (χ0) is 23.4. The summed E-state index contributed by atoms with van der Waals surface area (Å²) in [5, 5.41) is 13.3. The summed E-state index contributed by atoms with van der Waals surface area (Å²) in [7, 11) is 0. The van der Waals surface area contributed by atoms with Gasteiger partial charge in [0.2, 0.25) is 0 Å². The second kappa shape index (κ2) is 10.5. The third-order valence-corrected chi connectivity index (χ3v) is 6.28. The van der Waals surface area contributed by atoms with Crippen molar-refractivity contribution in [1.82, 2.24) is 10.2 Å². The first-order chi connectivity index (χ1) is 15.2. The number of non-ortho nitro benzene ring substituents is 1. The molecule has 0 saturated carbocycles. The van der Waals surface area contributed by atoms with Crippen LogP contribution in [0.2, 0.25) is 0 Å². The zero-order valence-electron chi connectivity index (χ0n) is 16.3. The molecule has 0 aliphatic carbocycles. The fourth-order valence-corrected chi connectivity index (χ4v) is 5.20. The average Bonchev–Trinajstić information content (AvgIpc) is 2.74. The van der Waals surface area contributed by atoms with E-state index in [1.54, 1.807) is 24.3 Å². The molecule has 8 nitrogen and oxygen atoms in total. The zero-order valence-corrected chi connectivity index (χ0v) is 21.5. The largest absolute Gasteiger partial charge is 0.487 e. The fraction of sp³-hybridized carbons (Fsp3) is 0.0952. The van der Waals surface area contributed by atoms with Gasteiger partial charge in [-0.25, -0.2) is 0 Å². The van der Waals surface area contributed by atoms with Crippen LogP contribution in [0.1, 0.15) is 11.1 Å². The van der Waals surface area contributed by atoms with Gasteiger partial charge in [0, 0.05) is 18.7 Å². The Hall–Kier alpha value is -2.39. The quantitative estimate of drug-likeness (QED) is 0.0899. The third-order valence-electron chi connectivity index (χ3n) is 4.36. The smallest absolute Gasteiger partial charge is 0.269 e. The predicted molar refractivity (Wildman–Crippen MR) is 140 cm³/mol. The van der Waals surface area contributed by atoms with Crippen LogP contribution in [0.4, 0.5) is 5.69 Å². The molecule has 1 aliphatic rings. The molecule has 3 rings (SSSR count). The van der Waals surface area contributed by atoms with E-state index in [9.17, 15) is 19.7 Å². The first-order valence-electron chi connectivity index (χ1n) is 9.06. The van der Waals surface area contributed by atoms with Crippen LogP contribution in [0.15, 0.2) is 54.6 Å². The standard InChI is InChI=1S/C21H15I2N3O5S/c1-2-7-25-20(28)15(19(27)24-21(25)32)8-13-9-16(22)18(17(23)10-13)31-11-12-3-5-14(6-4-12)26(29)30/h2-6,8-10H,1,7,11H2,(H,24,27,32)/b15-8+. The van der Waals surface area contributed by atoms with Gasteiger partial charge in [-0.1, -0.05) is 6.08 Å². The number of hydrogen-bond acceptors (Lipinski definition) is 6. The number of hydrogen-bond donors (Lipinski definition) is 1. The summed E-state index contributed by atoms with van der Waals surface area (Å²) < 4.78 is 7.48. The number of thiocarbonyl (C=S) groups is 1. The van der Waals surface area contributed by atoms with E-state index in [1.807, 2.05) is 0 Å². The summed E-state index contributed by atoms with van der Waals surface area (Å²) in [6.45, 7) is 4.03. The number of carbonyl (C=O) groups is 2. The summed E-state index contributed by atoms with van der Waals surface area (Å²) in [5.41, 5.74) is 1.44. The molecule has 2 aromatic carbocycles. The maximum atomic E-state index is 12.7. The number of benzene rings is 2. The Labute approximate surface area is 216 Å². The third kappa shape index (κ3) is 5.50. The van der Waals surface area contributed by atoms with Crippen LogP contribution in [0, 0.1) is 17.3 Å². The van der Waals surface area contributed by atoms with Gasteiger partial charge in [-0.15, -0.1) is 6.58 Å². The number of amides is 2. The monoisotopic (exact) mass is 675 g/mol. The lowest BCUT2D eigenvalue weighted by molar-refractivity contribution is -0.384. The average molecular weight is 675 g/mol. The minimum absolute atomic E-state index is 0.0176. The lowest BCUT2D eigenvalue weighted by Gasteiger charge is -2.27. The number of nitro groups is 1. The first kappa shape index (κ1) is 24.3. The highest BCUT2D eigenvalue weighted by molar-refractivity contribution is 14.1. The van der Waals surface area contributed by atoms with E-state index >= 15 is 0 Å². The van der Waals surface area contributed by atoms with E-state index in [2.05, 4.69) is 57.1 Å². The molecule has 1 aliphatic heterocycles. The van der Waals surface area contributed by atoms with Crippen molar-refractivity contribution in [3.8, 4) is 5.75 Å². The number of rotatable bonds is 7. The highest BCUT2D eigenvalue weighted by Gasteiger charge is 2.32. The first-order valence-corrected chi connectivity index (χ1v) is 11.6. The van der Waals surface area contributed by atoms with Crippen LogP contribution in [0.25, 0.3) is 6.08 Å². The van der Waals surface area contributed by atoms with Gasteiger partial charge in [0.05, 0.1) is 12.1 Å². The summed E-state index contributed by atoms with van der Waals surface area (Å²) >= 11 is 9.29. The molecule has 1 fully saturated rings. The minimum atomic E-state index is -0.552. The maximum Gasteiger partial charge on any atom is 0.269 e. The second-order valence-electron chi connectivity index (χ2n) is 6.55. The molecule has 2 amide bonds. The molecule has 0 atom stereocenters. The lowest BCUT2D eigenvalue weighted by atomic mass is 10.1. The van der Waals surface area contributed by atoms with Gasteiger partial charge in [0.1, 0.15) is 17.9 Å². The number of nitrogens with zero attached hydrogens (tertiary/aromatic N) is 2. The Balaban J connectivity index is 1.81. The Morgan fingerprint density at radius 2 is 1.81 bits per heavy atom. The number of halogens is 2. The summed E-state index contributed by atoms with van der Waals surface area (Å²) in [6.07, 6.45) is 3.04. The molecule has 11 heteroatoms. The Morgan fingerprint density at radius 1 is 1.19 bits per heavy atom. The molecule has 164 valence electrons. The molecular weight excluding hydrogens is 660 g/mol.